The molecule has 70 heavy (non-hydrogen) atoms. The third-order valence-corrected chi connectivity index (χ3v) is 13.6. The lowest BCUT2D eigenvalue weighted by atomic mass is 9.84. The number of thiazole rings is 1. The summed E-state index contributed by atoms with van der Waals surface area (Å²) in [5.41, 5.74) is 5.35. The topological polar surface area (TPSA) is 179 Å². The Hall–Kier alpha value is -5.35. The van der Waals surface area contributed by atoms with E-state index in [1.54, 1.807) is 44.5 Å². The number of pyridine rings is 1. The largest absolute Gasteiger partial charge is 0.468 e. The van der Waals surface area contributed by atoms with Crippen molar-refractivity contribution in [2.24, 2.45) is 5.41 Å². The summed E-state index contributed by atoms with van der Waals surface area (Å²) >= 11 is 1.25. The average Bonchev–Trinajstić information content (AvgIpc) is 3.89. The summed E-state index contributed by atoms with van der Waals surface area (Å²) in [6, 6.07) is 5.38. The van der Waals surface area contributed by atoms with Gasteiger partial charge in [-0.05, 0) is 70.7 Å². The van der Waals surface area contributed by atoms with Gasteiger partial charge in [0.1, 0.15) is 24.2 Å². The van der Waals surface area contributed by atoms with E-state index < -0.39 is 65.9 Å². The first-order valence-electron chi connectivity index (χ1n) is 23.6. The maximum Gasteiger partial charge on any atom is 0.408 e. The minimum atomic E-state index is -4.63. The molecule has 0 unspecified atom stereocenters. The van der Waals surface area contributed by atoms with Crippen molar-refractivity contribution < 1.29 is 56.0 Å². The standard InChI is InChI=1S/C49H65F3N8O9S/c1-29(65-8)42-35(20-32(23-53-42)58-16-15-57-17-18-67-25-33(57)24-58)43-36(22-48(6,7)28-68-30(2)61)34-19-31(12-13-40(34)59(43)27-49(50,51)52)39-26-70-41(54-39)21-38(55-46(64)69-47(3,4)5)44(62)60-14-10-11-37(56-60)45(63)66-9/h12-13,19-20,23,26,29,33,37-38,56H,10-11,14-18,21-22,24-25,27-28H2,1-9H3,(H,55,64)/t29-,33-,37-,38-/m0/s1. The minimum absolute atomic E-state index is 0.00369. The number of hydrogen-bond donors (Lipinski definition) is 2. The number of nitrogens with one attached hydrogen (secondary N) is 2. The van der Waals surface area contributed by atoms with Gasteiger partial charge in [0.05, 0.1) is 73.0 Å². The van der Waals surface area contributed by atoms with Gasteiger partial charge in [-0.2, -0.15) is 13.2 Å². The number of alkyl halides is 3. The van der Waals surface area contributed by atoms with E-state index in [2.05, 4.69) is 20.5 Å². The van der Waals surface area contributed by atoms with Crippen LogP contribution in [0.25, 0.3) is 33.4 Å². The summed E-state index contributed by atoms with van der Waals surface area (Å²) < 4.78 is 73.9. The molecule has 2 N–H and O–H groups in total. The number of methoxy groups -OCH3 is 2. The SMILES string of the molecule is COC(=O)[C@@H]1CCCN(C(=O)[C@H](Cc2nc(-c3ccc4c(c3)c(CC(C)(C)COC(C)=O)c(-c3cc(N5CCN6CCOC[C@@H]6C5)cnc3[C@H](C)OC)n4CC(F)(F)F)cs2)NC(=O)OC(C)(C)C)N1. The number of piperazine rings is 1. The lowest BCUT2D eigenvalue weighted by molar-refractivity contribution is -0.150. The number of anilines is 1. The summed E-state index contributed by atoms with van der Waals surface area (Å²) in [5.74, 6) is -1.51. The fourth-order valence-corrected chi connectivity index (χ4v) is 10.1. The number of ether oxygens (including phenoxy) is 5. The van der Waals surface area contributed by atoms with Gasteiger partial charge >= 0.3 is 24.2 Å². The molecule has 382 valence electrons. The van der Waals surface area contributed by atoms with Crippen LogP contribution in [0.2, 0.25) is 0 Å². The van der Waals surface area contributed by atoms with Crippen molar-refractivity contribution in [3.8, 4) is 22.5 Å². The summed E-state index contributed by atoms with van der Waals surface area (Å²) in [6.45, 7) is 15.3. The number of alkyl carbamates (subject to hydrolysis) is 1. The molecule has 3 aliphatic heterocycles. The second kappa shape index (κ2) is 21.6. The molecule has 0 bridgehead atoms. The van der Waals surface area contributed by atoms with Gasteiger partial charge in [0.15, 0.2) is 0 Å². The van der Waals surface area contributed by atoms with Gasteiger partial charge in [0.25, 0.3) is 5.91 Å². The Bertz CT molecular complexity index is 2540. The number of carbonyl (C=O) groups excluding carboxylic acids is 4. The van der Waals surface area contributed by atoms with Crippen LogP contribution in [0.5, 0.6) is 0 Å². The average molecular weight is 999 g/mol. The number of carbonyl (C=O) groups is 4. The first kappa shape index (κ1) is 52.5. The van der Waals surface area contributed by atoms with E-state index in [0.717, 1.165) is 18.8 Å². The fourth-order valence-electron chi connectivity index (χ4n) is 9.29. The highest BCUT2D eigenvalue weighted by Gasteiger charge is 2.38. The lowest BCUT2D eigenvalue weighted by Crippen LogP contribution is -2.60. The van der Waals surface area contributed by atoms with E-state index in [0.29, 0.717) is 88.8 Å². The molecule has 4 aromatic rings. The molecule has 21 heteroatoms. The molecule has 0 saturated carbocycles. The molecule has 0 radical (unpaired) electrons. The summed E-state index contributed by atoms with van der Waals surface area (Å²) in [7, 11) is 2.80. The number of halogens is 3. The Labute approximate surface area is 410 Å². The van der Waals surface area contributed by atoms with Gasteiger partial charge < -0.3 is 38.5 Å². The molecule has 2 amide bonds. The number of hydrogen-bond acceptors (Lipinski definition) is 15. The van der Waals surface area contributed by atoms with Crippen LogP contribution in [0.4, 0.5) is 23.7 Å². The summed E-state index contributed by atoms with van der Waals surface area (Å²) in [5, 5.41) is 6.81. The fraction of sp³-hybridized carbons (Fsp3) is 0.592. The maximum atomic E-state index is 15.0. The second-order valence-corrected chi connectivity index (χ2v) is 20.9. The highest BCUT2D eigenvalue weighted by atomic mass is 32.1. The van der Waals surface area contributed by atoms with Crippen molar-refractivity contribution in [2.75, 3.05) is 71.7 Å². The van der Waals surface area contributed by atoms with E-state index in [9.17, 15) is 32.3 Å². The quantitative estimate of drug-likeness (QED) is 0.0933. The monoisotopic (exact) mass is 998 g/mol. The number of hydrazine groups is 1. The van der Waals surface area contributed by atoms with Crippen LogP contribution in [-0.4, -0.2) is 145 Å². The first-order chi connectivity index (χ1) is 33.0. The third-order valence-electron chi connectivity index (χ3n) is 12.7. The molecule has 4 atom stereocenters. The smallest absolute Gasteiger partial charge is 0.408 e. The number of fused-ring (bicyclic) bond motifs is 2. The Morgan fingerprint density at radius 3 is 2.51 bits per heavy atom. The Morgan fingerprint density at radius 1 is 1.04 bits per heavy atom. The van der Waals surface area contributed by atoms with Gasteiger partial charge in [-0.1, -0.05) is 19.9 Å². The number of rotatable bonds is 15. The van der Waals surface area contributed by atoms with Crippen LogP contribution in [0.1, 0.15) is 83.7 Å². The van der Waals surface area contributed by atoms with Gasteiger partial charge in [-0.25, -0.2) is 15.2 Å². The van der Waals surface area contributed by atoms with Crippen LogP contribution in [0.15, 0.2) is 35.8 Å². The van der Waals surface area contributed by atoms with E-state index in [-0.39, 0.29) is 32.0 Å². The number of amides is 2. The third kappa shape index (κ3) is 12.8. The van der Waals surface area contributed by atoms with E-state index in [1.165, 1.54) is 42.1 Å². The number of morpholine rings is 1. The molecule has 3 fully saturated rings. The molecule has 3 saturated heterocycles. The molecule has 3 aromatic heterocycles. The van der Waals surface area contributed by atoms with Gasteiger partial charge in [-0.15, -0.1) is 11.3 Å². The second-order valence-electron chi connectivity index (χ2n) is 20.0. The van der Waals surface area contributed by atoms with Crippen LogP contribution < -0.4 is 15.6 Å². The van der Waals surface area contributed by atoms with E-state index >= 15 is 0 Å². The molecule has 0 aliphatic carbocycles. The van der Waals surface area contributed by atoms with Crippen LogP contribution in [0.3, 0.4) is 0 Å². The number of benzene rings is 1. The van der Waals surface area contributed by atoms with Crippen molar-refractivity contribution in [1.82, 2.24) is 35.2 Å². The normalized spacial score (nSPS) is 19.1. The van der Waals surface area contributed by atoms with Crippen LogP contribution in [-0.2, 0) is 57.5 Å². The first-order valence-corrected chi connectivity index (χ1v) is 24.5. The maximum absolute atomic E-state index is 15.0. The van der Waals surface area contributed by atoms with Crippen molar-refractivity contribution in [1.29, 1.82) is 0 Å². The van der Waals surface area contributed by atoms with Gasteiger partial charge in [0, 0.05) is 86.0 Å². The van der Waals surface area contributed by atoms with Gasteiger partial charge in [0.2, 0.25) is 0 Å². The highest BCUT2D eigenvalue weighted by Crippen LogP contribution is 2.44. The van der Waals surface area contributed by atoms with E-state index in [1.807, 2.05) is 32.9 Å². The number of aromatic nitrogens is 3. The summed E-state index contributed by atoms with van der Waals surface area (Å²) in [4.78, 5) is 66.2. The van der Waals surface area contributed by atoms with Gasteiger partial charge in [-0.3, -0.25) is 29.3 Å². The van der Waals surface area contributed by atoms with Crippen molar-refractivity contribution in [3.63, 3.8) is 0 Å². The Kier molecular flexibility index (Phi) is 16.2. The zero-order valence-electron chi connectivity index (χ0n) is 41.4. The van der Waals surface area contributed by atoms with Crippen molar-refractivity contribution >= 4 is 51.9 Å². The number of nitrogens with zero attached hydrogens (tertiary/aromatic N) is 6. The van der Waals surface area contributed by atoms with Crippen molar-refractivity contribution in [2.45, 2.75) is 117 Å². The Balaban J connectivity index is 1.33. The minimum Gasteiger partial charge on any atom is -0.468 e. The highest BCUT2D eigenvalue weighted by molar-refractivity contribution is 7.10. The predicted octanol–water partition coefficient (Wildman–Crippen LogP) is 6.85. The predicted molar refractivity (Wildman–Crippen MR) is 257 cm³/mol. The molecular formula is C49H65F3N8O9S. The van der Waals surface area contributed by atoms with E-state index in [4.69, 9.17) is 33.7 Å². The zero-order valence-corrected chi connectivity index (χ0v) is 42.2. The van der Waals surface area contributed by atoms with Crippen LogP contribution >= 0.6 is 11.3 Å². The molecule has 6 heterocycles. The molecule has 7 rings (SSSR count). The summed E-state index contributed by atoms with van der Waals surface area (Å²) in [6.07, 6.45) is -3.16. The molecule has 17 nitrogen and oxygen atoms in total. The molecule has 0 spiro atoms. The lowest BCUT2D eigenvalue weighted by Gasteiger charge is -2.44. The van der Waals surface area contributed by atoms with Crippen LogP contribution in [0, 0.1) is 5.41 Å². The molecule has 1 aromatic carbocycles. The Morgan fingerprint density at radius 2 is 1.81 bits per heavy atom. The zero-order chi connectivity index (χ0) is 50.7. The molecular weight excluding hydrogens is 934 g/mol. The number of esters is 2. The molecule has 3 aliphatic rings. The van der Waals surface area contributed by atoms with Crippen molar-refractivity contribution in [3.05, 3.63) is 52.1 Å².